The van der Waals surface area contributed by atoms with Crippen LogP contribution >= 0.6 is 12.4 Å². The van der Waals surface area contributed by atoms with Gasteiger partial charge in [-0.3, -0.25) is 0 Å². The van der Waals surface area contributed by atoms with E-state index in [2.05, 4.69) is 47.8 Å². The largest absolute Gasteiger partial charge is 0.508 e. The normalized spacial score (nSPS) is 17.2. The number of halogens is 1. The Balaban J connectivity index is 0.00000147. The standard InChI is InChI=1S/C17H19NO.ClH/c19-16-8-6-15(7-9-16)17(10-12-18-13-11-17)14-4-2-1-3-5-14;/h1-9,18-19H,10-13H2;1H. The number of nitrogens with one attached hydrogen (secondary N) is 1. The van der Waals surface area contributed by atoms with Gasteiger partial charge in [0.25, 0.3) is 0 Å². The van der Waals surface area contributed by atoms with E-state index in [-0.39, 0.29) is 17.8 Å². The molecule has 1 aliphatic rings. The average molecular weight is 290 g/mol. The van der Waals surface area contributed by atoms with Crippen LogP contribution in [-0.4, -0.2) is 18.2 Å². The fraction of sp³-hybridized carbons (Fsp3) is 0.294. The van der Waals surface area contributed by atoms with Gasteiger partial charge in [-0.1, -0.05) is 42.5 Å². The molecule has 2 aromatic carbocycles. The van der Waals surface area contributed by atoms with Crippen LogP contribution in [0.5, 0.6) is 5.75 Å². The average Bonchev–Trinajstić information content (AvgIpc) is 2.49. The lowest BCUT2D eigenvalue weighted by Crippen LogP contribution is -2.40. The molecule has 3 heteroatoms. The van der Waals surface area contributed by atoms with Crippen molar-refractivity contribution >= 4 is 12.4 Å². The molecule has 0 bridgehead atoms. The predicted molar refractivity (Wildman–Crippen MR) is 84.7 cm³/mol. The van der Waals surface area contributed by atoms with Crippen molar-refractivity contribution in [3.05, 3.63) is 65.7 Å². The molecule has 106 valence electrons. The summed E-state index contributed by atoms with van der Waals surface area (Å²) in [4.78, 5) is 0. The molecular weight excluding hydrogens is 270 g/mol. The third-order valence-electron chi connectivity index (χ3n) is 4.20. The second kappa shape index (κ2) is 6.29. The lowest BCUT2D eigenvalue weighted by molar-refractivity contribution is 0.361. The Bertz CT molecular complexity index is 533. The van der Waals surface area contributed by atoms with Gasteiger partial charge >= 0.3 is 0 Å². The molecule has 3 rings (SSSR count). The summed E-state index contributed by atoms with van der Waals surface area (Å²) in [5.74, 6) is 0.334. The van der Waals surface area contributed by atoms with Crippen LogP contribution < -0.4 is 5.32 Å². The van der Waals surface area contributed by atoms with E-state index in [4.69, 9.17) is 0 Å². The van der Waals surface area contributed by atoms with Crippen LogP contribution in [0.2, 0.25) is 0 Å². The van der Waals surface area contributed by atoms with Gasteiger partial charge in [-0.15, -0.1) is 12.4 Å². The summed E-state index contributed by atoms with van der Waals surface area (Å²) in [5, 5.41) is 12.9. The minimum absolute atomic E-state index is 0. The van der Waals surface area contributed by atoms with Crippen molar-refractivity contribution in [3.8, 4) is 5.75 Å². The molecule has 1 saturated heterocycles. The first-order valence-electron chi connectivity index (χ1n) is 6.87. The van der Waals surface area contributed by atoms with E-state index in [1.807, 2.05) is 0 Å². The molecule has 2 aromatic rings. The SMILES string of the molecule is Cl.Oc1ccc(C2(c3ccccc3)CCNCC2)cc1. The maximum atomic E-state index is 9.50. The van der Waals surface area contributed by atoms with E-state index < -0.39 is 0 Å². The van der Waals surface area contributed by atoms with Gasteiger partial charge in [0.1, 0.15) is 5.75 Å². The van der Waals surface area contributed by atoms with Gasteiger partial charge in [-0.2, -0.15) is 0 Å². The number of aromatic hydroxyl groups is 1. The summed E-state index contributed by atoms with van der Waals surface area (Å²) in [7, 11) is 0. The predicted octanol–water partition coefficient (Wildman–Crippen LogP) is 3.48. The quantitative estimate of drug-likeness (QED) is 0.887. The third kappa shape index (κ3) is 2.67. The highest BCUT2D eigenvalue weighted by atomic mass is 35.5. The van der Waals surface area contributed by atoms with Crippen LogP contribution in [-0.2, 0) is 5.41 Å². The van der Waals surface area contributed by atoms with Crippen molar-refractivity contribution in [1.29, 1.82) is 0 Å². The highest BCUT2D eigenvalue weighted by molar-refractivity contribution is 5.85. The van der Waals surface area contributed by atoms with E-state index in [1.165, 1.54) is 11.1 Å². The molecule has 0 radical (unpaired) electrons. The minimum Gasteiger partial charge on any atom is -0.508 e. The molecule has 0 unspecified atom stereocenters. The second-order valence-corrected chi connectivity index (χ2v) is 5.25. The molecule has 0 atom stereocenters. The first kappa shape index (κ1) is 14.9. The van der Waals surface area contributed by atoms with E-state index in [0.717, 1.165) is 25.9 Å². The van der Waals surface area contributed by atoms with Crippen molar-refractivity contribution in [1.82, 2.24) is 5.32 Å². The summed E-state index contributed by atoms with van der Waals surface area (Å²) < 4.78 is 0. The van der Waals surface area contributed by atoms with Gasteiger partial charge in [-0.05, 0) is 49.2 Å². The number of hydrogen-bond donors (Lipinski definition) is 2. The fourth-order valence-electron chi connectivity index (χ4n) is 3.14. The monoisotopic (exact) mass is 289 g/mol. The third-order valence-corrected chi connectivity index (χ3v) is 4.20. The zero-order chi connectivity index (χ0) is 13.1. The minimum atomic E-state index is 0. The van der Waals surface area contributed by atoms with Gasteiger partial charge in [0.05, 0.1) is 0 Å². The number of piperidine rings is 1. The number of phenolic OH excluding ortho intramolecular Hbond substituents is 1. The first-order chi connectivity index (χ1) is 9.31. The highest BCUT2D eigenvalue weighted by Crippen LogP contribution is 2.40. The Labute approximate surface area is 126 Å². The molecule has 2 N–H and O–H groups in total. The molecular formula is C17H20ClNO. The number of benzene rings is 2. The molecule has 0 aliphatic carbocycles. The maximum absolute atomic E-state index is 9.50. The Morgan fingerprint density at radius 2 is 1.35 bits per heavy atom. The highest BCUT2D eigenvalue weighted by Gasteiger charge is 2.35. The Kier molecular flexibility index (Phi) is 4.69. The van der Waals surface area contributed by atoms with Crippen molar-refractivity contribution in [3.63, 3.8) is 0 Å². The zero-order valence-electron chi connectivity index (χ0n) is 11.4. The van der Waals surface area contributed by atoms with Crippen LogP contribution in [0.4, 0.5) is 0 Å². The van der Waals surface area contributed by atoms with Gasteiger partial charge in [0.15, 0.2) is 0 Å². The summed E-state index contributed by atoms with van der Waals surface area (Å²) in [6, 6.07) is 18.4. The van der Waals surface area contributed by atoms with Crippen LogP contribution in [0.3, 0.4) is 0 Å². The topological polar surface area (TPSA) is 32.3 Å². The van der Waals surface area contributed by atoms with Crippen LogP contribution in [0.1, 0.15) is 24.0 Å². The van der Waals surface area contributed by atoms with Gasteiger partial charge < -0.3 is 10.4 Å². The fourth-order valence-corrected chi connectivity index (χ4v) is 3.14. The van der Waals surface area contributed by atoms with Crippen LogP contribution in [0.25, 0.3) is 0 Å². The smallest absolute Gasteiger partial charge is 0.115 e. The zero-order valence-corrected chi connectivity index (χ0v) is 12.2. The van der Waals surface area contributed by atoms with Crippen LogP contribution in [0, 0.1) is 0 Å². The molecule has 1 aliphatic heterocycles. The van der Waals surface area contributed by atoms with E-state index in [9.17, 15) is 5.11 Å². The molecule has 0 spiro atoms. The van der Waals surface area contributed by atoms with Crippen molar-refractivity contribution in [2.24, 2.45) is 0 Å². The van der Waals surface area contributed by atoms with Crippen molar-refractivity contribution in [2.75, 3.05) is 13.1 Å². The van der Waals surface area contributed by atoms with Gasteiger partial charge in [0.2, 0.25) is 0 Å². The van der Waals surface area contributed by atoms with Crippen molar-refractivity contribution < 1.29 is 5.11 Å². The molecule has 2 nitrogen and oxygen atoms in total. The Morgan fingerprint density at radius 1 is 0.800 bits per heavy atom. The molecule has 1 heterocycles. The molecule has 0 amide bonds. The molecule has 0 aromatic heterocycles. The summed E-state index contributed by atoms with van der Waals surface area (Å²) in [6.45, 7) is 2.07. The molecule has 0 saturated carbocycles. The Morgan fingerprint density at radius 3 is 1.95 bits per heavy atom. The molecule has 20 heavy (non-hydrogen) atoms. The van der Waals surface area contributed by atoms with E-state index in [1.54, 1.807) is 12.1 Å². The lowest BCUT2D eigenvalue weighted by Gasteiger charge is -2.39. The summed E-state index contributed by atoms with van der Waals surface area (Å²) >= 11 is 0. The lowest BCUT2D eigenvalue weighted by atomic mass is 9.68. The number of rotatable bonds is 2. The number of phenols is 1. The second-order valence-electron chi connectivity index (χ2n) is 5.25. The van der Waals surface area contributed by atoms with Gasteiger partial charge in [-0.25, -0.2) is 0 Å². The van der Waals surface area contributed by atoms with E-state index in [0.29, 0.717) is 5.75 Å². The van der Waals surface area contributed by atoms with Crippen LogP contribution in [0.15, 0.2) is 54.6 Å². The first-order valence-corrected chi connectivity index (χ1v) is 6.87. The van der Waals surface area contributed by atoms with Crippen molar-refractivity contribution in [2.45, 2.75) is 18.3 Å². The van der Waals surface area contributed by atoms with E-state index >= 15 is 0 Å². The maximum Gasteiger partial charge on any atom is 0.115 e. The summed E-state index contributed by atoms with van der Waals surface area (Å²) in [5.41, 5.74) is 2.76. The summed E-state index contributed by atoms with van der Waals surface area (Å²) in [6.07, 6.45) is 2.20. The number of hydrogen-bond acceptors (Lipinski definition) is 2. The van der Waals surface area contributed by atoms with Gasteiger partial charge in [0, 0.05) is 5.41 Å². The Hall–Kier alpha value is -1.51. The molecule has 1 fully saturated rings.